The van der Waals surface area contributed by atoms with Crippen LogP contribution in [0.25, 0.3) is 0 Å². The van der Waals surface area contributed by atoms with E-state index in [0.717, 1.165) is 6.07 Å². The number of aromatic nitrogens is 1. The smallest absolute Gasteiger partial charge is 0.261 e. The Kier molecular flexibility index (Phi) is 3.68. The Morgan fingerprint density at radius 2 is 2.11 bits per heavy atom. The summed E-state index contributed by atoms with van der Waals surface area (Å²) in [6, 6.07) is 5.15. The summed E-state index contributed by atoms with van der Waals surface area (Å²) in [5.41, 5.74) is 0. The van der Waals surface area contributed by atoms with Crippen LogP contribution in [-0.2, 0) is 10.0 Å². The quantitative estimate of drug-likeness (QED) is 0.933. The molecule has 5 nitrogen and oxygen atoms in total. The van der Waals surface area contributed by atoms with Crippen LogP contribution < -0.4 is 4.72 Å². The number of aryl methyl sites for hydroxylation is 1. The standard InChI is InChI=1S/C12H13FN2O3S/c1-8-5-6-11(18-8)9(2)15-19(16,17)12-10(13)4-3-7-14-12/h3-7,9,15H,1-2H3. The molecule has 19 heavy (non-hydrogen) atoms. The second-order valence-electron chi connectivity index (χ2n) is 4.08. The summed E-state index contributed by atoms with van der Waals surface area (Å²) in [6.45, 7) is 3.36. The van der Waals surface area contributed by atoms with Gasteiger partial charge in [-0.25, -0.2) is 17.8 Å². The van der Waals surface area contributed by atoms with E-state index in [1.54, 1.807) is 26.0 Å². The van der Waals surface area contributed by atoms with Crippen LogP contribution in [-0.4, -0.2) is 13.4 Å². The number of hydrogen-bond donors (Lipinski definition) is 1. The summed E-state index contributed by atoms with van der Waals surface area (Å²) in [4.78, 5) is 3.55. The first-order chi connectivity index (χ1) is 8.90. The van der Waals surface area contributed by atoms with Crippen molar-refractivity contribution in [3.8, 4) is 0 Å². The fraction of sp³-hybridized carbons (Fsp3) is 0.250. The van der Waals surface area contributed by atoms with Crippen molar-refractivity contribution in [1.29, 1.82) is 0 Å². The highest BCUT2D eigenvalue weighted by atomic mass is 32.2. The van der Waals surface area contributed by atoms with E-state index < -0.39 is 26.9 Å². The van der Waals surface area contributed by atoms with Gasteiger partial charge in [-0.15, -0.1) is 0 Å². The van der Waals surface area contributed by atoms with Gasteiger partial charge in [0.2, 0.25) is 5.03 Å². The Bertz CT molecular complexity index is 682. The minimum absolute atomic E-state index is 0.456. The molecule has 1 atom stereocenters. The van der Waals surface area contributed by atoms with Crippen LogP contribution in [0.15, 0.2) is 39.9 Å². The van der Waals surface area contributed by atoms with Crippen LogP contribution in [0.5, 0.6) is 0 Å². The number of nitrogens with zero attached hydrogens (tertiary/aromatic N) is 1. The van der Waals surface area contributed by atoms with Crippen molar-refractivity contribution in [1.82, 2.24) is 9.71 Å². The highest BCUT2D eigenvalue weighted by molar-refractivity contribution is 7.89. The van der Waals surface area contributed by atoms with Gasteiger partial charge in [-0.1, -0.05) is 0 Å². The third-order valence-corrected chi connectivity index (χ3v) is 3.97. The number of rotatable bonds is 4. The van der Waals surface area contributed by atoms with Gasteiger partial charge < -0.3 is 4.42 Å². The molecule has 1 N–H and O–H groups in total. The zero-order valence-corrected chi connectivity index (χ0v) is 11.2. The predicted molar refractivity (Wildman–Crippen MR) is 66.4 cm³/mol. The topological polar surface area (TPSA) is 72.2 Å². The number of sulfonamides is 1. The van der Waals surface area contributed by atoms with Crippen molar-refractivity contribution in [3.63, 3.8) is 0 Å². The number of furan rings is 1. The average molecular weight is 284 g/mol. The van der Waals surface area contributed by atoms with Crippen molar-refractivity contribution in [2.24, 2.45) is 0 Å². The first-order valence-electron chi connectivity index (χ1n) is 5.59. The van der Waals surface area contributed by atoms with E-state index in [9.17, 15) is 12.8 Å². The van der Waals surface area contributed by atoms with Crippen molar-refractivity contribution < 1.29 is 17.2 Å². The lowest BCUT2D eigenvalue weighted by atomic mass is 10.3. The van der Waals surface area contributed by atoms with E-state index in [4.69, 9.17) is 4.42 Å². The fourth-order valence-corrected chi connectivity index (χ4v) is 2.82. The number of nitrogens with one attached hydrogen (secondary N) is 1. The van der Waals surface area contributed by atoms with Crippen molar-refractivity contribution in [2.45, 2.75) is 24.9 Å². The molecule has 0 saturated carbocycles. The van der Waals surface area contributed by atoms with E-state index >= 15 is 0 Å². The summed E-state index contributed by atoms with van der Waals surface area (Å²) < 4.78 is 45.0. The van der Waals surface area contributed by atoms with Crippen molar-refractivity contribution >= 4 is 10.0 Å². The highest BCUT2D eigenvalue weighted by Gasteiger charge is 2.24. The molecule has 0 saturated heterocycles. The lowest BCUT2D eigenvalue weighted by molar-refractivity contribution is 0.439. The summed E-state index contributed by atoms with van der Waals surface area (Å²) in [5.74, 6) is 0.236. The fourth-order valence-electron chi connectivity index (χ4n) is 1.60. The average Bonchev–Trinajstić information content (AvgIpc) is 2.76. The molecule has 102 valence electrons. The van der Waals surface area contributed by atoms with Crippen LogP contribution in [0.3, 0.4) is 0 Å². The molecule has 0 fully saturated rings. The van der Waals surface area contributed by atoms with Gasteiger partial charge in [0.25, 0.3) is 10.0 Å². The molecule has 0 aliphatic carbocycles. The Hall–Kier alpha value is -1.73. The third kappa shape index (κ3) is 2.99. The van der Waals surface area contributed by atoms with Gasteiger partial charge in [-0.2, -0.15) is 4.72 Å². The molecule has 0 aliphatic rings. The van der Waals surface area contributed by atoms with Gasteiger partial charge in [0, 0.05) is 6.20 Å². The molecule has 1 unspecified atom stereocenters. The molecule has 0 radical (unpaired) electrons. The first-order valence-corrected chi connectivity index (χ1v) is 7.07. The maximum absolute atomic E-state index is 13.4. The third-order valence-electron chi connectivity index (χ3n) is 2.50. The molecule has 0 spiro atoms. The number of halogens is 1. The first kappa shape index (κ1) is 13.7. The van der Waals surface area contributed by atoms with Crippen LogP contribution >= 0.6 is 0 Å². The van der Waals surface area contributed by atoms with Gasteiger partial charge in [0.05, 0.1) is 6.04 Å². The van der Waals surface area contributed by atoms with E-state index in [1.165, 1.54) is 12.3 Å². The van der Waals surface area contributed by atoms with E-state index in [0.29, 0.717) is 11.5 Å². The molecular formula is C12H13FN2O3S. The Balaban J connectivity index is 2.25. The van der Waals surface area contributed by atoms with Crippen LogP contribution in [0.2, 0.25) is 0 Å². The maximum Gasteiger partial charge on any atom is 0.261 e. The molecule has 7 heteroatoms. The summed E-state index contributed by atoms with van der Waals surface area (Å²) in [7, 11) is -4.03. The molecular weight excluding hydrogens is 271 g/mol. The summed E-state index contributed by atoms with van der Waals surface area (Å²) in [5, 5.41) is -0.620. The minimum atomic E-state index is -4.03. The van der Waals surface area contributed by atoms with Crippen LogP contribution in [0.1, 0.15) is 24.5 Å². The Morgan fingerprint density at radius 1 is 1.37 bits per heavy atom. The van der Waals surface area contributed by atoms with Gasteiger partial charge in [0.1, 0.15) is 11.5 Å². The van der Waals surface area contributed by atoms with Gasteiger partial charge in [-0.3, -0.25) is 0 Å². The lowest BCUT2D eigenvalue weighted by Crippen LogP contribution is -2.28. The molecule has 0 aliphatic heterocycles. The molecule has 2 aromatic rings. The number of hydrogen-bond acceptors (Lipinski definition) is 4. The summed E-state index contributed by atoms with van der Waals surface area (Å²) >= 11 is 0. The highest BCUT2D eigenvalue weighted by Crippen LogP contribution is 2.19. The molecule has 0 bridgehead atoms. The van der Waals surface area contributed by atoms with Gasteiger partial charge in [0.15, 0.2) is 5.82 Å². The number of pyridine rings is 1. The molecule has 0 aromatic carbocycles. The Morgan fingerprint density at radius 3 is 2.68 bits per heavy atom. The SMILES string of the molecule is Cc1ccc(C(C)NS(=O)(=O)c2ncccc2F)o1. The predicted octanol–water partition coefficient (Wildman–Crippen LogP) is 2.16. The summed E-state index contributed by atoms with van der Waals surface area (Å²) in [6.07, 6.45) is 1.22. The van der Waals surface area contributed by atoms with E-state index in [2.05, 4.69) is 9.71 Å². The molecule has 0 amide bonds. The minimum Gasteiger partial charge on any atom is -0.465 e. The largest absolute Gasteiger partial charge is 0.465 e. The molecule has 2 rings (SSSR count). The molecule has 2 aromatic heterocycles. The normalized spacial score (nSPS) is 13.4. The van der Waals surface area contributed by atoms with Gasteiger partial charge in [-0.05, 0) is 38.1 Å². The van der Waals surface area contributed by atoms with E-state index in [-0.39, 0.29) is 0 Å². The van der Waals surface area contributed by atoms with Gasteiger partial charge >= 0.3 is 0 Å². The van der Waals surface area contributed by atoms with Crippen LogP contribution in [0, 0.1) is 12.7 Å². The van der Waals surface area contributed by atoms with Crippen molar-refractivity contribution in [3.05, 3.63) is 47.8 Å². The Labute approximate surface area is 110 Å². The van der Waals surface area contributed by atoms with E-state index in [1.807, 2.05) is 0 Å². The second kappa shape index (κ2) is 5.10. The maximum atomic E-state index is 13.4. The zero-order chi connectivity index (χ0) is 14.0. The monoisotopic (exact) mass is 284 g/mol. The zero-order valence-electron chi connectivity index (χ0n) is 10.4. The lowest BCUT2D eigenvalue weighted by Gasteiger charge is -2.11. The molecule has 2 heterocycles. The van der Waals surface area contributed by atoms with Crippen molar-refractivity contribution in [2.75, 3.05) is 0 Å². The second-order valence-corrected chi connectivity index (χ2v) is 5.71. The van der Waals surface area contributed by atoms with Crippen LogP contribution in [0.4, 0.5) is 4.39 Å².